The zero-order valence-electron chi connectivity index (χ0n) is 11.8. The molecule has 0 saturated carbocycles. The van der Waals surface area contributed by atoms with Gasteiger partial charge in [0.15, 0.2) is 0 Å². The van der Waals surface area contributed by atoms with Gasteiger partial charge in [0, 0.05) is 23.2 Å². The van der Waals surface area contributed by atoms with Crippen LogP contribution in [-0.2, 0) is 9.59 Å². The number of benzene rings is 1. The summed E-state index contributed by atoms with van der Waals surface area (Å²) in [4.78, 5) is 36.8. The summed E-state index contributed by atoms with van der Waals surface area (Å²) in [5, 5.41) is 9.36. The van der Waals surface area contributed by atoms with Crippen LogP contribution in [-0.4, -0.2) is 47.4 Å². The third-order valence-electron chi connectivity index (χ3n) is 3.16. The Morgan fingerprint density at radius 3 is 2.19 bits per heavy atom. The van der Waals surface area contributed by atoms with E-state index < -0.39 is 23.3 Å². The number of nitrogens with zero attached hydrogens (tertiary/aromatic N) is 1. The van der Waals surface area contributed by atoms with E-state index in [9.17, 15) is 19.5 Å². The van der Waals surface area contributed by atoms with E-state index in [1.807, 2.05) is 0 Å². The molecule has 7 nitrogen and oxygen atoms in total. The summed E-state index contributed by atoms with van der Waals surface area (Å²) in [5.74, 6) is -2.81. The molecular formula is C13H16IN3O4. The zero-order valence-corrected chi connectivity index (χ0v) is 14.0. The third kappa shape index (κ3) is 3.50. The number of carboxylic acid groups (broad SMARTS) is 1. The van der Waals surface area contributed by atoms with Gasteiger partial charge in [-0.2, -0.15) is 0 Å². The van der Waals surface area contributed by atoms with E-state index in [-0.39, 0.29) is 0 Å². The summed E-state index contributed by atoms with van der Waals surface area (Å²) in [5.41, 5.74) is 2.85. The molecule has 1 aromatic rings. The molecule has 0 heterocycles. The Kier molecular flexibility index (Phi) is 5.67. The lowest BCUT2D eigenvalue weighted by Gasteiger charge is -2.33. The van der Waals surface area contributed by atoms with Crippen LogP contribution in [0.1, 0.15) is 17.3 Å². The molecule has 0 aromatic heterocycles. The van der Waals surface area contributed by atoms with E-state index in [1.54, 1.807) is 24.3 Å². The molecular weight excluding hydrogens is 389 g/mol. The lowest BCUT2D eigenvalue weighted by molar-refractivity contribution is -0.155. The largest absolute Gasteiger partial charge is 0.479 e. The van der Waals surface area contributed by atoms with Crippen molar-refractivity contribution >= 4 is 40.4 Å². The van der Waals surface area contributed by atoms with Gasteiger partial charge in [0.2, 0.25) is 5.54 Å². The molecule has 0 aliphatic heterocycles. The highest BCUT2D eigenvalue weighted by molar-refractivity contribution is 14.1. The first-order valence-electron chi connectivity index (χ1n) is 5.99. The molecule has 3 N–H and O–H groups in total. The van der Waals surface area contributed by atoms with Crippen LogP contribution in [0.5, 0.6) is 0 Å². The molecule has 0 aliphatic carbocycles. The molecule has 8 heteroatoms. The minimum atomic E-state index is -2.02. The van der Waals surface area contributed by atoms with Crippen LogP contribution >= 0.6 is 22.6 Å². The fourth-order valence-electron chi connectivity index (χ4n) is 1.62. The highest BCUT2D eigenvalue weighted by Gasteiger charge is 2.47. The number of likely N-dealkylation sites (N-methyl/N-ethyl adjacent to an activating group) is 1. The Morgan fingerprint density at radius 1 is 1.24 bits per heavy atom. The second kappa shape index (κ2) is 6.85. The molecule has 1 aromatic carbocycles. The normalized spacial score (nSPS) is 13.1. The Hall–Kier alpha value is -1.68. The van der Waals surface area contributed by atoms with Gasteiger partial charge in [-0.1, -0.05) is 0 Å². The molecule has 0 aliphatic rings. The maximum Gasteiger partial charge on any atom is 0.339 e. The molecule has 114 valence electrons. The molecule has 21 heavy (non-hydrogen) atoms. The quantitative estimate of drug-likeness (QED) is 0.376. The van der Waals surface area contributed by atoms with Crippen molar-refractivity contribution in [2.45, 2.75) is 12.5 Å². The molecule has 0 saturated heterocycles. The maximum absolute atomic E-state index is 12.4. The smallest absolute Gasteiger partial charge is 0.339 e. The van der Waals surface area contributed by atoms with Gasteiger partial charge in [0.1, 0.15) is 0 Å². The van der Waals surface area contributed by atoms with Gasteiger partial charge in [-0.15, -0.1) is 0 Å². The fourth-order valence-corrected chi connectivity index (χ4v) is 1.98. The molecule has 1 atom stereocenters. The number of aliphatic carboxylic acids is 1. The zero-order chi connectivity index (χ0) is 16.2. The number of nitrogens with one attached hydrogen (secondary N) is 2. The van der Waals surface area contributed by atoms with Gasteiger partial charge in [-0.05, 0) is 53.8 Å². The van der Waals surface area contributed by atoms with Gasteiger partial charge in [-0.25, -0.2) is 10.2 Å². The summed E-state index contributed by atoms with van der Waals surface area (Å²) < 4.78 is 0.945. The highest BCUT2D eigenvalue weighted by atomic mass is 127. The first-order valence-corrected chi connectivity index (χ1v) is 7.07. The number of halogens is 1. The topological polar surface area (TPSA) is 98.7 Å². The first-order chi connectivity index (χ1) is 9.75. The minimum absolute atomic E-state index is 0.308. The van der Waals surface area contributed by atoms with Crippen molar-refractivity contribution in [2.24, 2.45) is 0 Å². The van der Waals surface area contributed by atoms with Gasteiger partial charge in [-0.3, -0.25) is 15.0 Å². The van der Waals surface area contributed by atoms with Crippen molar-refractivity contribution in [3.63, 3.8) is 0 Å². The number of rotatable bonds is 5. The average Bonchev–Trinajstić information content (AvgIpc) is 2.45. The number of carboxylic acids is 1. The number of amides is 2. The van der Waals surface area contributed by atoms with Gasteiger partial charge in [0.25, 0.3) is 11.8 Å². The Morgan fingerprint density at radius 2 is 1.76 bits per heavy atom. The molecule has 0 bridgehead atoms. The van der Waals surface area contributed by atoms with Crippen molar-refractivity contribution in [3.05, 3.63) is 33.4 Å². The van der Waals surface area contributed by atoms with Crippen LogP contribution in [0.4, 0.5) is 0 Å². The van der Waals surface area contributed by atoms with Crippen molar-refractivity contribution in [3.8, 4) is 0 Å². The van der Waals surface area contributed by atoms with Gasteiger partial charge < -0.3 is 10.0 Å². The second-order valence-corrected chi connectivity index (χ2v) is 5.70. The Bertz CT molecular complexity index is 561. The molecule has 0 fully saturated rings. The van der Waals surface area contributed by atoms with Gasteiger partial charge in [0.05, 0.1) is 0 Å². The summed E-state index contributed by atoms with van der Waals surface area (Å²) >= 11 is 2.09. The third-order valence-corrected chi connectivity index (χ3v) is 3.88. The molecule has 1 rings (SSSR count). The van der Waals surface area contributed by atoms with Crippen LogP contribution in [0.3, 0.4) is 0 Å². The number of hydrazine groups is 1. The van der Waals surface area contributed by atoms with E-state index >= 15 is 0 Å². The van der Waals surface area contributed by atoms with Crippen molar-refractivity contribution in [1.82, 2.24) is 15.8 Å². The van der Waals surface area contributed by atoms with E-state index in [2.05, 4.69) is 33.4 Å². The monoisotopic (exact) mass is 405 g/mol. The van der Waals surface area contributed by atoms with Crippen molar-refractivity contribution in [2.75, 3.05) is 14.1 Å². The van der Waals surface area contributed by atoms with Gasteiger partial charge >= 0.3 is 5.97 Å². The fraction of sp³-hybridized carbons (Fsp3) is 0.308. The van der Waals surface area contributed by atoms with Crippen LogP contribution < -0.4 is 10.9 Å². The number of hydrogen-bond donors (Lipinski definition) is 3. The summed E-state index contributed by atoms with van der Waals surface area (Å²) in [6.45, 7) is 1.17. The second-order valence-electron chi connectivity index (χ2n) is 4.45. The standard InChI is InChI=1S/C13H16IN3O4/c1-13(12(20)21,11(19)16-15-2)17(3)10(18)8-4-6-9(14)7-5-8/h4-7,15H,1-3H3,(H,16,19)(H,20,21). The summed E-state index contributed by atoms with van der Waals surface area (Å²) in [6.07, 6.45) is 0. The predicted molar refractivity (Wildman–Crippen MR) is 84.5 cm³/mol. The lowest BCUT2D eigenvalue weighted by atomic mass is 9.98. The predicted octanol–water partition coefficient (Wildman–Crippen LogP) is 0.457. The molecule has 1 unspecified atom stereocenters. The van der Waals surface area contributed by atoms with Crippen LogP contribution in [0.2, 0.25) is 0 Å². The average molecular weight is 405 g/mol. The van der Waals surface area contributed by atoms with E-state index in [1.165, 1.54) is 21.0 Å². The number of carbonyl (C=O) groups is 3. The highest BCUT2D eigenvalue weighted by Crippen LogP contribution is 2.18. The van der Waals surface area contributed by atoms with E-state index in [0.29, 0.717) is 5.56 Å². The number of hydrogen-bond acceptors (Lipinski definition) is 4. The van der Waals surface area contributed by atoms with E-state index in [0.717, 1.165) is 8.47 Å². The van der Waals surface area contributed by atoms with Crippen LogP contribution in [0.25, 0.3) is 0 Å². The minimum Gasteiger partial charge on any atom is -0.479 e. The first kappa shape index (κ1) is 17.4. The van der Waals surface area contributed by atoms with Crippen molar-refractivity contribution < 1.29 is 19.5 Å². The Labute approximate surface area is 135 Å². The van der Waals surface area contributed by atoms with E-state index in [4.69, 9.17) is 0 Å². The number of carbonyl (C=O) groups excluding carboxylic acids is 2. The molecule has 2 amide bonds. The Balaban J connectivity index is 3.14. The van der Waals surface area contributed by atoms with Crippen LogP contribution in [0, 0.1) is 3.57 Å². The van der Waals surface area contributed by atoms with Crippen molar-refractivity contribution in [1.29, 1.82) is 0 Å². The maximum atomic E-state index is 12.4. The SMILES string of the molecule is CNNC(=O)C(C)(C(=O)O)N(C)C(=O)c1ccc(I)cc1. The molecule has 0 spiro atoms. The lowest BCUT2D eigenvalue weighted by Crippen LogP contribution is -2.63. The summed E-state index contributed by atoms with van der Waals surface area (Å²) in [6, 6.07) is 6.62. The molecule has 0 radical (unpaired) electrons. The van der Waals surface area contributed by atoms with Crippen LogP contribution in [0.15, 0.2) is 24.3 Å². The summed E-state index contributed by atoms with van der Waals surface area (Å²) in [7, 11) is 2.71.